The lowest BCUT2D eigenvalue weighted by molar-refractivity contribution is -0.0346. The van der Waals surface area contributed by atoms with Crippen molar-refractivity contribution in [3.63, 3.8) is 0 Å². The number of likely N-dealkylation sites (tertiary alicyclic amines) is 2. The topological polar surface area (TPSA) is 82.1 Å². The summed E-state index contributed by atoms with van der Waals surface area (Å²) in [5, 5.41) is 0. The number of hydrogen-bond acceptors (Lipinski definition) is 9. The van der Waals surface area contributed by atoms with Gasteiger partial charge in [-0.2, -0.15) is 0 Å². The van der Waals surface area contributed by atoms with Gasteiger partial charge in [0.15, 0.2) is 0 Å². The Labute approximate surface area is 278 Å². The van der Waals surface area contributed by atoms with Crippen molar-refractivity contribution in [1.29, 1.82) is 0 Å². The smallest absolute Gasteiger partial charge is 0.232 e. The summed E-state index contributed by atoms with van der Waals surface area (Å²) >= 11 is 0. The summed E-state index contributed by atoms with van der Waals surface area (Å²) in [4.78, 5) is 18.6. The van der Waals surface area contributed by atoms with Crippen molar-refractivity contribution >= 4 is 0 Å². The fourth-order valence-corrected chi connectivity index (χ4v) is 5.91. The Hall–Kier alpha value is -2.33. The van der Waals surface area contributed by atoms with Crippen LogP contribution in [0.2, 0.25) is 0 Å². The molecule has 4 heterocycles. The third kappa shape index (κ3) is 11.7. The molecule has 4 rings (SSSR count). The minimum Gasteiger partial charge on any atom is -0.473 e. The predicted octanol–water partition coefficient (Wildman–Crippen LogP) is 6.44. The molecule has 2 aromatic rings. The zero-order valence-corrected chi connectivity index (χ0v) is 30.4. The molecule has 9 heteroatoms. The first-order valence-corrected chi connectivity index (χ1v) is 17.3. The first kappa shape index (κ1) is 36.5. The summed E-state index contributed by atoms with van der Waals surface area (Å²) in [5.74, 6) is 1.32. The van der Waals surface area contributed by atoms with Gasteiger partial charge in [0.2, 0.25) is 11.8 Å². The van der Waals surface area contributed by atoms with Crippen molar-refractivity contribution < 1.29 is 18.9 Å². The van der Waals surface area contributed by atoms with Gasteiger partial charge in [-0.3, -0.25) is 14.8 Å². The lowest BCUT2D eigenvalue weighted by atomic mass is 9.79. The molecule has 2 atom stereocenters. The van der Waals surface area contributed by atoms with E-state index in [0.29, 0.717) is 18.4 Å². The Balaban J connectivity index is 1.14. The van der Waals surface area contributed by atoms with Crippen molar-refractivity contribution in [1.82, 2.24) is 24.8 Å². The van der Waals surface area contributed by atoms with Crippen LogP contribution >= 0.6 is 0 Å². The predicted molar refractivity (Wildman–Crippen MR) is 184 cm³/mol. The highest BCUT2D eigenvalue weighted by atomic mass is 16.5. The van der Waals surface area contributed by atoms with Crippen LogP contribution in [-0.4, -0.2) is 101 Å². The van der Waals surface area contributed by atoms with Crippen LogP contribution in [0.4, 0.5) is 0 Å². The Kier molecular flexibility index (Phi) is 12.1. The molecule has 46 heavy (non-hydrogen) atoms. The van der Waals surface area contributed by atoms with Gasteiger partial charge in [0.05, 0.1) is 42.5 Å². The summed E-state index contributed by atoms with van der Waals surface area (Å²) in [6.07, 6.45) is 9.87. The monoisotopic (exact) mass is 639 g/mol. The van der Waals surface area contributed by atoms with Crippen molar-refractivity contribution in [2.45, 2.75) is 129 Å². The minimum atomic E-state index is -0.208. The average molecular weight is 640 g/mol. The van der Waals surface area contributed by atoms with E-state index in [2.05, 4.69) is 95.1 Å². The number of pyridine rings is 1. The molecule has 9 nitrogen and oxygen atoms in total. The van der Waals surface area contributed by atoms with Gasteiger partial charge in [0, 0.05) is 56.9 Å². The first-order chi connectivity index (χ1) is 21.5. The van der Waals surface area contributed by atoms with E-state index in [1.165, 1.54) is 5.56 Å². The van der Waals surface area contributed by atoms with E-state index >= 15 is 0 Å². The summed E-state index contributed by atoms with van der Waals surface area (Å²) in [6.45, 7) is 28.8. The van der Waals surface area contributed by atoms with Crippen LogP contribution in [0.1, 0.15) is 106 Å². The lowest BCUT2D eigenvalue weighted by Gasteiger charge is -2.32. The molecule has 2 unspecified atom stereocenters. The number of hydrogen-bond donors (Lipinski definition) is 0. The van der Waals surface area contributed by atoms with Crippen molar-refractivity contribution in [3.05, 3.63) is 42.0 Å². The van der Waals surface area contributed by atoms with Gasteiger partial charge < -0.3 is 18.9 Å². The van der Waals surface area contributed by atoms with E-state index in [-0.39, 0.29) is 34.2 Å². The van der Waals surface area contributed by atoms with E-state index in [1.54, 1.807) is 6.20 Å². The Morgan fingerprint density at radius 3 is 1.78 bits per heavy atom. The standard InChI is InChI=1S/C37H61N5O4/c1-34(2,3)31-24-40-33(25-38-31)46-30-14-18-42(27-30)20-22-44-37(9,10)16-15-36(7,8)28-11-12-32(39-23-28)45-29-13-17-41(26-29)19-21-43-35(4,5)6/h11-12,23-25,29-30H,13-22,26-27H2,1-10H3. The molecule has 0 radical (unpaired) electrons. The fourth-order valence-electron chi connectivity index (χ4n) is 5.91. The zero-order valence-electron chi connectivity index (χ0n) is 30.4. The Morgan fingerprint density at radius 2 is 1.26 bits per heavy atom. The van der Waals surface area contributed by atoms with E-state index < -0.39 is 0 Å². The maximum atomic E-state index is 6.41. The molecular formula is C37H61N5O4. The number of nitrogens with zero attached hydrogens (tertiary/aromatic N) is 5. The molecule has 0 spiro atoms. The van der Waals surface area contributed by atoms with Crippen molar-refractivity contribution in [2.24, 2.45) is 0 Å². The molecule has 258 valence electrons. The van der Waals surface area contributed by atoms with E-state index in [9.17, 15) is 0 Å². The molecule has 0 saturated carbocycles. The normalized spacial score (nSPS) is 20.4. The Bertz CT molecular complexity index is 1200. The summed E-state index contributed by atoms with van der Waals surface area (Å²) in [5.41, 5.74) is 1.86. The highest BCUT2D eigenvalue weighted by molar-refractivity contribution is 5.25. The second-order valence-corrected chi connectivity index (χ2v) is 16.5. The van der Waals surface area contributed by atoms with E-state index in [1.807, 2.05) is 18.5 Å². The first-order valence-electron chi connectivity index (χ1n) is 17.3. The molecule has 0 bridgehead atoms. The molecule has 2 aromatic heterocycles. The fraction of sp³-hybridized carbons (Fsp3) is 0.757. The van der Waals surface area contributed by atoms with Crippen LogP contribution in [-0.2, 0) is 20.3 Å². The summed E-state index contributed by atoms with van der Waals surface area (Å²) in [6, 6.07) is 4.21. The summed E-state index contributed by atoms with van der Waals surface area (Å²) in [7, 11) is 0. The number of ether oxygens (including phenoxy) is 4. The molecule has 2 fully saturated rings. The maximum Gasteiger partial charge on any atom is 0.232 e. The molecule has 2 aliphatic rings. The van der Waals surface area contributed by atoms with Crippen molar-refractivity contribution in [3.8, 4) is 11.8 Å². The lowest BCUT2D eigenvalue weighted by Crippen LogP contribution is -2.33. The van der Waals surface area contributed by atoms with Gasteiger partial charge in [0.1, 0.15) is 12.2 Å². The second kappa shape index (κ2) is 15.3. The molecule has 2 saturated heterocycles. The molecule has 0 aromatic carbocycles. The highest BCUT2D eigenvalue weighted by Crippen LogP contribution is 2.33. The van der Waals surface area contributed by atoms with Gasteiger partial charge in [0.25, 0.3) is 0 Å². The van der Waals surface area contributed by atoms with Crippen LogP contribution in [0.3, 0.4) is 0 Å². The maximum absolute atomic E-state index is 6.41. The van der Waals surface area contributed by atoms with Crippen LogP contribution in [0.5, 0.6) is 11.8 Å². The van der Waals surface area contributed by atoms with Crippen LogP contribution in [0.15, 0.2) is 30.7 Å². The van der Waals surface area contributed by atoms with Crippen LogP contribution in [0, 0.1) is 0 Å². The average Bonchev–Trinajstić information content (AvgIpc) is 3.60. The largest absolute Gasteiger partial charge is 0.473 e. The van der Waals surface area contributed by atoms with E-state index in [0.717, 1.165) is 77.3 Å². The molecule has 0 N–H and O–H groups in total. The summed E-state index contributed by atoms with van der Waals surface area (Å²) < 4.78 is 24.7. The van der Waals surface area contributed by atoms with Gasteiger partial charge in [-0.1, -0.05) is 40.7 Å². The van der Waals surface area contributed by atoms with E-state index in [4.69, 9.17) is 23.9 Å². The Morgan fingerprint density at radius 1 is 0.674 bits per heavy atom. The SMILES string of the molecule is CC(C)(C)OCCN1CCC(Oc2ccc(C(C)(C)CCC(C)(C)OCCN3CCC(Oc4cnc(C(C)(C)C)cn4)C3)cn2)C1. The van der Waals surface area contributed by atoms with Crippen LogP contribution < -0.4 is 9.47 Å². The zero-order chi connectivity index (χ0) is 33.6. The van der Waals surface area contributed by atoms with Gasteiger partial charge in [-0.15, -0.1) is 0 Å². The molecule has 2 aliphatic heterocycles. The minimum absolute atomic E-state index is 0.0157. The van der Waals surface area contributed by atoms with Crippen LogP contribution in [0.25, 0.3) is 0 Å². The quantitative estimate of drug-likeness (QED) is 0.219. The van der Waals surface area contributed by atoms with Gasteiger partial charge in [-0.05, 0) is 71.3 Å². The molecule has 0 amide bonds. The van der Waals surface area contributed by atoms with Gasteiger partial charge in [-0.25, -0.2) is 9.97 Å². The number of rotatable bonds is 15. The third-order valence-electron chi connectivity index (χ3n) is 9.14. The molecular weight excluding hydrogens is 578 g/mol. The highest BCUT2D eigenvalue weighted by Gasteiger charge is 2.29. The number of aromatic nitrogens is 3. The third-order valence-corrected chi connectivity index (χ3v) is 9.14. The molecule has 0 aliphatic carbocycles. The van der Waals surface area contributed by atoms with Crippen molar-refractivity contribution in [2.75, 3.05) is 52.5 Å². The van der Waals surface area contributed by atoms with Gasteiger partial charge >= 0.3 is 0 Å². The second-order valence-electron chi connectivity index (χ2n) is 16.5.